The molecule has 0 N–H and O–H groups in total. The van der Waals surface area contributed by atoms with Gasteiger partial charge in [0, 0.05) is 0 Å². The Balaban J connectivity index is 1.86. The predicted octanol–water partition coefficient (Wildman–Crippen LogP) is 7.43. The average Bonchev–Trinajstić information content (AvgIpc) is 3.14. The Bertz CT molecular complexity index is 1110. The summed E-state index contributed by atoms with van der Waals surface area (Å²) in [6.45, 7) is 0. The normalized spacial score (nSPS) is 14.4. The molecule has 5 rings (SSSR count). The molecular formula is C29H23Pb. The van der Waals surface area contributed by atoms with Gasteiger partial charge in [0.25, 0.3) is 0 Å². The predicted molar refractivity (Wildman–Crippen MR) is 131 cm³/mol. The Hall–Kier alpha value is -2.72. The molecule has 1 heteroatoms. The van der Waals surface area contributed by atoms with Crippen molar-refractivity contribution in [1.82, 2.24) is 0 Å². The van der Waals surface area contributed by atoms with Crippen molar-refractivity contribution in [3.8, 4) is 0 Å². The molecule has 4 aromatic rings. The van der Waals surface area contributed by atoms with E-state index in [1.165, 1.54) is 33.4 Å². The fourth-order valence-corrected chi connectivity index (χ4v) is 15.1. The summed E-state index contributed by atoms with van der Waals surface area (Å²) in [5.41, 5.74) is 8.31. The second-order valence-corrected chi connectivity index (χ2v) is 16.3. The van der Waals surface area contributed by atoms with Crippen molar-refractivity contribution in [3.63, 3.8) is 0 Å². The third kappa shape index (κ3) is 3.50. The maximum atomic E-state index is 2.56. The van der Waals surface area contributed by atoms with Crippen molar-refractivity contribution >= 4 is 40.1 Å². The average molecular weight is 579 g/mol. The zero-order valence-corrected chi connectivity index (χ0v) is 20.9. The summed E-state index contributed by atoms with van der Waals surface area (Å²) in [5.74, 6) is 0. The molecule has 0 unspecified atom stereocenters. The van der Waals surface area contributed by atoms with Gasteiger partial charge in [0.15, 0.2) is 0 Å². The van der Waals surface area contributed by atoms with Crippen LogP contribution in [0, 0.1) is 0 Å². The summed E-state index contributed by atoms with van der Waals surface area (Å²) < 4.78 is 5.79. The van der Waals surface area contributed by atoms with Crippen LogP contribution in [0.2, 0.25) is 4.48 Å². The topological polar surface area (TPSA) is 0 Å². The number of hydrogen-bond acceptors (Lipinski definition) is 0. The Morgan fingerprint density at radius 2 is 0.633 bits per heavy atom. The van der Waals surface area contributed by atoms with E-state index in [2.05, 4.69) is 126 Å². The summed E-state index contributed by atoms with van der Waals surface area (Å²) in [6.07, 6.45) is 0. The Labute approximate surface area is 187 Å². The zero-order chi connectivity index (χ0) is 20.3. The van der Waals surface area contributed by atoms with Crippen LogP contribution in [0.25, 0.3) is 17.4 Å². The minimum atomic E-state index is -2.35. The van der Waals surface area contributed by atoms with E-state index in [9.17, 15) is 0 Å². The van der Waals surface area contributed by atoms with Crippen molar-refractivity contribution in [1.29, 1.82) is 0 Å². The summed E-state index contributed by atoms with van der Waals surface area (Å²) in [4.78, 5) is 0. The summed E-state index contributed by atoms with van der Waals surface area (Å²) in [5, 5.41) is 0. The Morgan fingerprint density at radius 3 is 0.933 bits per heavy atom. The van der Waals surface area contributed by atoms with Gasteiger partial charge in [-0.25, -0.2) is 0 Å². The first-order chi connectivity index (χ1) is 14.8. The van der Waals surface area contributed by atoms with Crippen molar-refractivity contribution in [2.45, 2.75) is 4.48 Å². The van der Waals surface area contributed by atoms with Gasteiger partial charge in [0.05, 0.1) is 0 Å². The molecule has 0 nitrogen and oxygen atoms in total. The summed E-state index contributed by atoms with van der Waals surface area (Å²) in [6, 6.07) is 44.1. The number of benzene rings is 4. The molecule has 0 saturated carbocycles. The van der Waals surface area contributed by atoms with Crippen LogP contribution in [0.4, 0.5) is 0 Å². The molecular weight excluding hydrogens is 556 g/mol. The molecule has 1 radical (unpaired) electrons. The molecule has 4 aromatic carbocycles. The third-order valence-electron chi connectivity index (χ3n) is 5.75. The first-order valence-electron chi connectivity index (χ1n) is 10.4. The van der Waals surface area contributed by atoms with E-state index in [1.54, 1.807) is 6.26 Å². The van der Waals surface area contributed by atoms with Crippen LogP contribution in [-0.4, -0.2) is 22.7 Å². The monoisotopic (exact) mass is 579 g/mol. The van der Waals surface area contributed by atoms with E-state index in [1.807, 2.05) is 0 Å². The van der Waals surface area contributed by atoms with Crippen LogP contribution in [0.1, 0.15) is 22.3 Å². The second kappa shape index (κ2) is 8.57. The van der Waals surface area contributed by atoms with Crippen molar-refractivity contribution in [2.24, 2.45) is 0 Å². The maximum absolute atomic E-state index is 2.56. The zero-order valence-electron chi connectivity index (χ0n) is 17.0. The van der Waals surface area contributed by atoms with Gasteiger partial charge >= 0.3 is 188 Å². The Kier molecular flexibility index (Phi) is 5.50. The van der Waals surface area contributed by atoms with E-state index in [0.717, 1.165) is 0 Å². The number of hydrogen-bond donors (Lipinski definition) is 0. The molecule has 0 aromatic heterocycles. The quantitative estimate of drug-likeness (QED) is 0.221. The van der Waals surface area contributed by atoms with Crippen LogP contribution in [0.15, 0.2) is 121 Å². The van der Waals surface area contributed by atoms with E-state index in [4.69, 9.17) is 0 Å². The van der Waals surface area contributed by atoms with Gasteiger partial charge < -0.3 is 0 Å². The van der Waals surface area contributed by atoms with Gasteiger partial charge in [-0.15, -0.1) is 0 Å². The van der Waals surface area contributed by atoms with E-state index < -0.39 is 22.7 Å². The molecule has 1 aliphatic heterocycles. The van der Waals surface area contributed by atoms with E-state index in [0.29, 0.717) is 0 Å². The minimum absolute atomic E-state index is 1.32. The van der Waals surface area contributed by atoms with Crippen LogP contribution >= 0.6 is 0 Å². The van der Waals surface area contributed by atoms with E-state index >= 15 is 0 Å². The van der Waals surface area contributed by atoms with Gasteiger partial charge in [-0.3, -0.25) is 0 Å². The molecule has 1 heterocycles. The van der Waals surface area contributed by atoms with Gasteiger partial charge in [-0.05, 0) is 0 Å². The first kappa shape index (κ1) is 19.3. The first-order valence-corrected chi connectivity index (χ1v) is 18.2. The fourth-order valence-electron chi connectivity index (χ4n) is 4.47. The molecule has 0 saturated heterocycles. The fraction of sp³-hybridized carbons (Fsp3) is 0.0345. The number of allylic oxidation sites excluding steroid dienone is 2. The number of rotatable bonds is 4. The molecule has 0 amide bonds. The van der Waals surface area contributed by atoms with Gasteiger partial charge in [-0.1, -0.05) is 0 Å². The standard InChI is InChI=1S/C28H20.CH3.Pb/c1-5-13-23(14-6-1)21-27(25-17-9-3-10-18-25)28(26-19-11-4-12-20-26)22-24-15-7-2-8-16-24;;/h1-20H;1H3;. The van der Waals surface area contributed by atoms with Crippen molar-refractivity contribution in [2.75, 3.05) is 0 Å². The summed E-state index contributed by atoms with van der Waals surface area (Å²) in [7, 11) is 0. The second-order valence-electron chi connectivity index (χ2n) is 7.59. The molecule has 1 aliphatic rings. The van der Waals surface area contributed by atoms with Crippen LogP contribution in [0.5, 0.6) is 0 Å². The van der Waals surface area contributed by atoms with Gasteiger partial charge in [0.1, 0.15) is 0 Å². The van der Waals surface area contributed by atoms with Crippen molar-refractivity contribution < 1.29 is 0 Å². The molecule has 143 valence electrons. The third-order valence-corrected chi connectivity index (χ3v) is 15.8. The van der Waals surface area contributed by atoms with E-state index in [-0.39, 0.29) is 0 Å². The SMILES string of the molecule is [CH3][Pb]1[C](c2ccccc2)=C(c2ccccc2)C(c2ccccc2)=[C]1c1ccccc1. The van der Waals surface area contributed by atoms with Crippen LogP contribution < -0.4 is 0 Å². The molecule has 0 aliphatic carbocycles. The molecule has 0 fully saturated rings. The van der Waals surface area contributed by atoms with Crippen molar-refractivity contribution in [3.05, 3.63) is 144 Å². The van der Waals surface area contributed by atoms with Gasteiger partial charge in [0.2, 0.25) is 0 Å². The molecule has 0 atom stereocenters. The Morgan fingerprint density at radius 1 is 0.367 bits per heavy atom. The van der Waals surface area contributed by atoms with Crippen LogP contribution in [-0.2, 0) is 0 Å². The van der Waals surface area contributed by atoms with Crippen LogP contribution in [0.3, 0.4) is 0 Å². The summed E-state index contributed by atoms with van der Waals surface area (Å²) >= 11 is -2.35. The molecule has 0 spiro atoms. The molecule has 30 heavy (non-hydrogen) atoms. The molecule has 0 bridgehead atoms. The van der Waals surface area contributed by atoms with Gasteiger partial charge in [-0.2, -0.15) is 0 Å².